The summed E-state index contributed by atoms with van der Waals surface area (Å²) in [6.07, 6.45) is 4.58. The second kappa shape index (κ2) is 6.63. The first-order valence-electron chi connectivity index (χ1n) is 8.31. The fraction of sp³-hybridized carbons (Fsp3) is 0.938. The highest BCUT2D eigenvalue weighted by Gasteiger charge is 2.51. The SMILES string of the molecule is CC(C)NC(CN(C)C1CCN(C)CC1)(C(N)=O)C1CC1. The van der Waals surface area contributed by atoms with Crippen molar-refractivity contribution in [3.8, 4) is 0 Å². The van der Waals surface area contributed by atoms with E-state index < -0.39 is 5.54 Å². The van der Waals surface area contributed by atoms with E-state index in [1.165, 1.54) is 12.8 Å². The van der Waals surface area contributed by atoms with Crippen molar-refractivity contribution >= 4 is 5.91 Å². The largest absolute Gasteiger partial charge is 0.368 e. The highest BCUT2D eigenvalue weighted by atomic mass is 16.1. The summed E-state index contributed by atoms with van der Waals surface area (Å²) < 4.78 is 0. The molecule has 1 aliphatic carbocycles. The predicted octanol–water partition coefficient (Wildman–Crippen LogP) is 0.645. The standard InChI is InChI=1S/C16H32N4O/c1-12(2)18-16(15(17)21,13-5-6-13)11-20(4)14-7-9-19(3)10-8-14/h12-14,18H,5-11H2,1-4H3,(H2,17,21). The van der Waals surface area contributed by atoms with Crippen molar-refractivity contribution in [2.24, 2.45) is 11.7 Å². The van der Waals surface area contributed by atoms with Crippen LogP contribution in [0, 0.1) is 5.92 Å². The van der Waals surface area contributed by atoms with Gasteiger partial charge in [-0.1, -0.05) is 0 Å². The van der Waals surface area contributed by atoms with Gasteiger partial charge in [0.2, 0.25) is 5.91 Å². The van der Waals surface area contributed by atoms with Gasteiger partial charge in [-0.3, -0.25) is 10.1 Å². The average molecular weight is 296 g/mol. The molecule has 1 heterocycles. The number of nitrogens with one attached hydrogen (secondary N) is 1. The van der Waals surface area contributed by atoms with E-state index in [-0.39, 0.29) is 11.9 Å². The number of nitrogens with zero attached hydrogens (tertiary/aromatic N) is 2. The highest BCUT2D eigenvalue weighted by molar-refractivity contribution is 5.86. The molecule has 1 unspecified atom stereocenters. The van der Waals surface area contributed by atoms with Gasteiger partial charge in [0.05, 0.1) is 0 Å². The minimum Gasteiger partial charge on any atom is -0.368 e. The molecule has 0 aromatic heterocycles. The number of hydrogen-bond donors (Lipinski definition) is 2. The molecule has 122 valence electrons. The molecule has 0 aromatic rings. The maximum Gasteiger partial charge on any atom is 0.239 e. The lowest BCUT2D eigenvalue weighted by Crippen LogP contribution is -2.65. The third-order valence-corrected chi connectivity index (χ3v) is 5.07. The van der Waals surface area contributed by atoms with E-state index in [0.717, 1.165) is 32.5 Å². The summed E-state index contributed by atoms with van der Waals surface area (Å²) in [5.74, 6) is 0.226. The van der Waals surface area contributed by atoms with Gasteiger partial charge in [-0.25, -0.2) is 0 Å². The Bertz CT molecular complexity index is 361. The fourth-order valence-corrected chi connectivity index (χ4v) is 3.69. The summed E-state index contributed by atoms with van der Waals surface area (Å²) in [4.78, 5) is 17.0. The molecular weight excluding hydrogens is 264 g/mol. The van der Waals surface area contributed by atoms with Gasteiger partial charge in [0.1, 0.15) is 5.54 Å². The minimum atomic E-state index is -0.549. The quantitative estimate of drug-likeness (QED) is 0.724. The molecule has 2 aliphatic rings. The van der Waals surface area contributed by atoms with E-state index in [1.807, 2.05) is 0 Å². The van der Waals surface area contributed by atoms with Crippen molar-refractivity contribution in [3.63, 3.8) is 0 Å². The van der Waals surface area contributed by atoms with Gasteiger partial charge in [-0.2, -0.15) is 0 Å². The molecule has 5 nitrogen and oxygen atoms in total. The van der Waals surface area contributed by atoms with Gasteiger partial charge in [-0.15, -0.1) is 0 Å². The summed E-state index contributed by atoms with van der Waals surface area (Å²) in [6, 6.07) is 0.830. The number of likely N-dealkylation sites (N-methyl/N-ethyl adjacent to an activating group) is 1. The molecular formula is C16H32N4O. The second-order valence-corrected chi connectivity index (χ2v) is 7.36. The van der Waals surface area contributed by atoms with E-state index in [2.05, 4.69) is 43.1 Å². The molecule has 1 amide bonds. The van der Waals surface area contributed by atoms with Crippen molar-refractivity contribution in [1.82, 2.24) is 15.1 Å². The molecule has 2 rings (SSSR count). The topological polar surface area (TPSA) is 61.6 Å². The van der Waals surface area contributed by atoms with Crippen molar-refractivity contribution < 1.29 is 4.79 Å². The van der Waals surface area contributed by atoms with E-state index in [1.54, 1.807) is 0 Å². The molecule has 1 aliphatic heterocycles. The van der Waals surface area contributed by atoms with Crippen molar-refractivity contribution in [1.29, 1.82) is 0 Å². The van der Waals surface area contributed by atoms with E-state index in [0.29, 0.717) is 12.0 Å². The molecule has 1 atom stereocenters. The molecule has 21 heavy (non-hydrogen) atoms. The molecule has 1 saturated heterocycles. The lowest BCUT2D eigenvalue weighted by atomic mass is 9.89. The van der Waals surface area contributed by atoms with E-state index in [4.69, 9.17) is 5.73 Å². The lowest BCUT2D eigenvalue weighted by molar-refractivity contribution is -0.126. The second-order valence-electron chi connectivity index (χ2n) is 7.36. The summed E-state index contributed by atoms with van der Waals surface area (Å²) in [7, 11) is 4.33. The lowest BCUT2D eigenvalue weighted by Gasteiger charge is -2.42. The Labute approximate surface area is 129 Å². The minimum absolute atomic E-state index is 0.182. The fourth-order valence-electron chi connectivity index (χ4n) is 3.69. The molecule has 0 aromatic carbocycles. The molecule has 0 spiro atoms. The average Bonchev–Trinajstić information content (AvgIpc) is 3.22. The van der Waals surface area contributed by atoms with Gasteiger partial charge in [0.15, 0.2) is 0 Å². The molecule has 3 N–H and O–H groups in total. The van der Waals surface area contributed by atoms with Crippen LogP contribution in [0.3, 0.4) is 0 Å². The first-order chi connectivity index (χ1) is 9.85. The zero-order chi connectivity index (χ0) is 15.6. The first-order valence-corrected chi connectivity index (χ1v) is 8.31. The molecule has 0 radical (unpaired) electrons. The van der Waals surface area contributed by atoms with Crippen LogP contribution in [0.1, 0.15) is 39.5 Å². The van der Waals surface area contributed by atoms with Crippen molar-refractivity contribution in [3.05, 3.63) is 0 Å². The van der Waals surface area contributed by atoms with Crippen LogP contribution in [0.25, 0.3) is 0 Å². The molecule has 1 saturated carbocycles. The van der Waals surface area contributed by atoms with Gasteiger partial charge in [0.25, 0.3) is 0 Å². The Balaban J connectivity index is 2.05. The van der Waals surface area contributed by atoms with Crippen LogP contribution >= 0.6 is 0 Å². The molecule has 0 bridgehead atoms. The first kappa shape index (κ1) is 16.7. The zero-order valence-electron chi connectivity index (χ0n) is 14.1. The number of amides is 1. The number of primary amides is 1. The predicted molar refractivity (Wildman–Crippen MR) is 86.1 cm³/mol. The number of nitrogens with two attached hydrogens (primary N) is 1. The third kappa shape index (κ3) is 3.96. The molecule has 5 heteroatoms. The maximum atomic E-state index is 12.2. The summed E-state index contributed by atoms with van der Waals surface area (Å²) in [5.41, 5.74) is 5.28. The Kier molecular flexibility index (Phi) is 5.28. The van der Waals surface area contributed by atoms with Crippen LogP contribution in [0.5, 0.6) is 0 Å². The normalized spacial score (nSPS) is 24.5. The van der Waals surface area contributed by atoms with E-state index in [9.17, 15) is 4.79 Å². The smallest absolute Gasteiger partial charge is 0.239 e. The summed E-state index contributed by atoms with van der Waals surface area (Å²) in [5, 5.41) is 3.51. The number of hydrogen-bond acceptors (Lipinski definition) is 4. The molecule has 2 fully saturated rings. The van der Waals surface area contributed by atoms with Gasteiger partial charge in [0, 0.05) is 18.6 Å². The van der Waals surface area contributed by atoms with Gasteiger partial charge in [-0.05, 0) is 72.6 Å². The number of carbonyl (C=O) groups is 1. The Hall–Kier alpha value is -0.650. The van der Waals surface area contributed by atoms with Crippen molar-refractivity contribution in [2.75, 3.05) is 33.7 Å². The Morgan fingerprint density at radius 1 is 1.33 bits per heavy atom. The van der Waals surface area contributed by atoms with E-state index >= 15 is 0 Å². The Morgan fingerprint density at radius 2 is 1.90 bits per heavy atom. The summed E-state index contributed by atoms with van der Waals surface area (Å²) >= 11 is 0. The monoisotopic (exact) mass is 296 g/mol. The third-order valence-electron chi connectivity index (χ3n) is 5.07. The summed E-state index contributed by atoms with van der Waals surface area (Å²) in [6.45, 7) is 7.20. The van der Waals surface area contributed by atoms with Crippen LogP contribution in [0.15, 0.2) is 0 Å². The van der Waals surface area contributed by atoms with Crippen LogP contribution in [0.2, 0.25) is 0 Å². The highest BCUT2D eigenvalue weighted by Crippen LogP contribution is 2.40. The number of carbonyl (C=O) groups excluding carboxylic acids is 1. The maximum absolute atomic E-state index is 12.2. The number of likely N-dealkylation sites (tertiary alicyclic amines) is 1. The Morgan fingerprint density at radius 3 is 2.33 bits per heavy atom. The zero-order valence-corrected chi connectivity index (χ0v) is 14.1. The van der Waals surface area contributed by atoms with Crippen LogP contribution in [-0.2, 0) is 4.79 Å². The number of rotatable bonds is 7. The van der Waals surface area contributed by atoms with Gasteiger partial charge < -0.3 is 15.5 Å². The van der Waals surface area contributed by atoms with Crippen LogP contribution in [-0.4, -0.2) is 67.1 Å². The van der Waals surface area contributed by atoms with Crippen LogP contribution < -0.4 is 11.1 Å². The number of piperidine rings is 1. The van der Waals surface area contributed by atoms with Crippen LogP contribution in [0.4, 0.5) is 0 Å². The van der Waals surface area contributed by atoms with Crippen molar-refractivity contribution in [2.45, 2.75) is 57.2 Å². The van der Waals surface area contributed by atoms with Gasteiger partial charge >= 0.3 is 0 Å².